The van der Waals surface area contributed by atoms with Gasteiger partial charge in [0.05, 0.1) is 11.0 Å². The van der Waals surface area contributed by atoms with Crippen LogP contribution >= 0.6 is 0 Å². The highest BCUT2D eigenvalue weighted by Gasteiger charge is 2.39. The first-order chi connectivity index (χ1) is 59.2. The van der Waals surface area contributed by atoms with E-state index in [4.69, 9.17) is 0 Å². The summed E-state index contributed by atoms with van der Waals surface area (Å²) < 4.78 is 2.38. The Morgan fingerprint density at radius 1 is 0.165 bits per heavy atom. The van der Waals surface area contributed by atoms with Crippen LogP contribution in [0.25, 0.3) is 128 Å². The monoisotopic (exact) mass is 1550 g/mol. The second-order valence-electron chi connectivity index (χ2n) is 34.4. The summed E-state index contributed by atoms with van der Waals surface area (Å²) in [5.41, 5.74) is 43.1. The Hall–Kier alpha value is -14.8. The van der Waals surface area contributed by atoms with Crippen LogP contribution in [0.2, 0.25) is 0 Å². The van der Waals surface area contributed by atoms with Crippen molar-refractivity contribution in [2.45, 2.75) is 57.8 Å². The highest BCUT2D eigenvalue weighted by Crippen LogP contribution is 2.55. The zero-order valence-electron chi connectivity index (χ0n) is 68.7. The van der Waals surface area contributed by atoms with E-state index in [9.17, 15) is 0 Å². The first-order valence-electron chi connectivity index (χ1n) is 42.3. The first kappa shape index (κ1) is 72.6. The van der Waals surface area contributed by atoms with E-state index in [0.717, 1.165) is 84.7 Å². The molecule has 3 aliphatic rings. The molecule has 3 aliphatic carbocycles. The Kier molecular flexibility index (Phi) is 17.3. The molecule has 121 heavy (non-hydrogen) atoms. The fourth-order valence-electron chi connectivity index (χ4n) is 20.0. The summed E-state index contributed by atoms with van der Waals surface area (Å²) in [6.07, 6.45) is 0. The van der Waals surface area contributed by atoms with Crippen LogP contribution in [0, 0.1) is 0 Å². The molecule has 0 fully saturated rings. The Labute approximate surface area is 709 Å². The van der Waals surface area contributed by atoms with Crippen LogP contribution in [0.5, 0.6) is 0 Å². The van der Waals surface area contributed by atoms with E-state index in [1.54, 1.807) is 0 Å². The van der Waals surface area contributed by atoms with E-state index in [2.05, 4.69) is 485 Å². The molecule has 0 unspecified atom stereocenters. The minimum Gasteiger partial charge on any atom is -0.310 e. The van der Waals surface area contributed by atoms with E-state index in [0.29, 0.717) is 0 Å². The van der Waals surface area contributed by atoms with Crippen molar-refractivity contribution in [1.82, 2.24) is 4.57 Å². The topological polar surface area (TPSA) is 14.7 Å². The van der Waals surface area contributed by atoms with E-state index in [1.807, 2.05) is 0 Å². The predicted octanol–water partition coefficient (Wildman–Crippen LogP) is 32.1. The van der Waals surface area contributed by atoms with Crippen molar-refractivity contribution in [3.63, 3.8) is 0 Å². The van der Waals surface area contributed by atoms with Gasteiger partial charge < -0.3 is 19.3 Å². The van der Waals surface area contributed by atoms with Gasteiger partial charge in [-0.2, -0.15) is 0 Å². The van der Waals surface area contributed by atoms with Crippen molar-refractivity contribution in [1.29, 1.82) is 0 Å². The second-order valence-corrected chi connectivity index (χ2v) is 34.4. The zero-order chi connectivity index (χ0) is 81.2. The van der Waals surface area contributed by atoms with Gasteiger partial charge in [0.1, 0.15) is 0 Å². The Balaban J connectivity index is 0.532. The number of hydrogen-bond acceptors (Lipinski definition) is 3. The molecule has 22 rings (SSSR count). The van der Waals surface area contributed by atoms with Crippen molar-refractivity contribution in [2.75, 3.05) is 14.7 Å². The molecule has 0 amide bonds. The SMILES string of the molecule is CC1(C)c2ccccc2-c2ccc(N(c3ccc(-c4ccccc4)cc3)c3ccc(-c4ccc(N(c5ccc(-c6ccc(-c7ccc(-c8ccc(N(c9ccc(-c%10ccc%11c(c%10)c%10ccccc%10n%11-c%10ccccc%10)cc9)c9ccc%10c(c9)C(C)(C)c9ccccc9-%10)cc8)cc7)cc6)cc5)c5ccc6c(c5)C(C)(C)c5ccccc5-6)cc4)cc3)cc21. The van der Waals surface area contributed by atoms with Crippen LogP contribution in [0.15, 0.2) is 425 Å². The number of hydrogen-bond donors (Lipinski definition) is 0. The maximum Gasteiger partial charge on any atom is 0.0541 e. The third-order valence-electron chi connectivity index (χ3n) is 26.5. The van der Waals surface area contributed by atoms with Gasteiger partial charge in [0, 0.05) is 83.9 Å². The first-order valence-corrected chi connectivity index (χ1v) is 42.3. The van der Waals surface area contributed by atoms with Gasteiger partial charge in [0.15, 0.2) is 0 Å². The smallest absolute Gasteiger partial charge is 0.0541 e. The van der Waals surface area contributed by atoms with Crippen LogP contribution in [0.4, 0.5) is 51.2 Å². The molecule has 0 radical (unpaired) electrons. The van der Waals surface area contributed by atoms with Gasteiger partial charge in [-0.15, -0.1) is 0 Å². The molecule has 0 bridgehead atoms. The Morgan fingerprint density at radius 2 is 0.397 bits per heavy atom. The van der Waals surface area contributed by atoms with Crippen LogP contribution in [-0.4, -0.2) is 4.57 Å². The van der Waals surface area contributed by atoms with E-state index < -0.39 is 0 Å². The molecule has 0 atom stereocenters. The van der Waals surface area contributed by atoms with E-state index in [-0.39, 0.29) is 16.2 Å². The van der Waals surface area contributed by atoms with Gasteiger partial charge in [-0.3, -0.25) is 0 Å². The molecular weight excluding hydrogens is 1460 g/mol. The summed E-state index contributed by atoms with van der Waals surface area (Å²) >= 11 is 0. The molecule has 0 saturated carbocycles. The molecule has 0 N–H and O–H groups in total. The van der Waals surface area contributed by atoms with Crippen molar-refractivity contribution >= 4 is 73.0 Å². The van der Waals surface area contributed by atoms with E-state index in [1.165, 1.54) is 128 Å². The fourth-order valence-corrected chi connectivity index (χ4v) is 20.0. The van der Waals surface area contributed by atoms with Gasteiger partial charge in [-0.1, -0.05) is 327 Å². The molecule has 4 heteroatoms. The summed E-state index contributed by atoms with van der Waals surface area (Å²) in [7, 11) is 0. The standard InChI is InChI=1S/C117H88N4/c1-115(2)107-29-17-13-25-99(107)102-69-66-96(74-110(102)115)118(90-54-41-82(42-55-90)77-21-9-7-10-22-77)93-60-47-85(48-61-93)86-49-62-94(63-50-86)119(97-67-70-103-100-26-14-18-30-108(100)116(3,4)111(103)75-97)91-56-43-83(44-57-91)80-37-33-78(34-38-80)79-35-39-81(40-36-79)84-45-58-92(59-46-84)120(98-68-71-104-101-27-15-19-31-109(101)117(5,6)112(104)76-98)95-64-51-87(52-65-95)88-53-72-114-106(73-88)105-28-16-20-32-113(105)121(114)89-23-11-8-12-24-89/h7-76H,1-6H3. The second kappa shape index (κ2) is 28.8. The maximum absolute atomic E-state index is 2.43. The maximum atomic E-state index is 2.43. The quantitative estimate of drug-likeness (QED) is 0.0958. The van der Waals surface area contributed by atoms with Crippen molar-refractivity contribution in [3.8, 4) is 106 Å². The largest absolute Gasteiger partial charge is 0.310 e. The number of nitrogens with zero attached hydrogens (tertiary/aromatic N) is 4. The minimum absolute atomic E-state index is 0.135. The molecule has 4 nitrogen and oxygen atoms in total. The third-order valence-corrected chi connectivity index (χ3v) is 26.5. The van der Waals surface area contributed by atoms with Crippen LogP contribution in [0.1, 0.15) is 74.9 Å². The van der Waals surface area contributed by atoms with Crippen molar-refractivity contribution in [2.24, 2.45) is 0 Å². The number of benzene rings is 18. The van der Waals surface area contributed by atoms with Crippen molar-refractivity contribution < 1.29 is 0 Å². The molecule has 0 saturated heterocycles. The lowest BCUT2D eigenvalue weighted by molar-refractivity contribution is 0.660. The Bertz CT molecular complexity index is 7200. The molecule has 18 aromatic carbocycles. The number of anilines is 9. The van der Waals surface area contributed by atoms with Gasteiger partial charge in [-0.25, -0.2) is 0 Å². The van der Waals surface area contributed by atoms with Gasteiger partial charge in [0.2, 0.25) is 0 Å². The molecule has 0 spiro atoms. The molecule has 19 aromatic rings. The highest BCUT2D eigenvalue weighted by molar-refractivity contribution is 6.11. The minimum atomic E-state index is -0.164. The molecule has 1 aromatic heterocycles. The van der Waals surface area contributed by atoms with Crippen molar-refractivity contribution in [3.05, 3.63) is 458 Å². The lowest BCUT2D eigenvalue weighted by Crippen LogP contribution is -2.16. The zero-order valence-corrected chi connectivity index (χ0v) is 68.7. The van der Waals surface area contributed by atoms with Crippen LogP contribution < -0.4 is 14.7 Å². The molecular formula is C117H88N4. The fraction of sp³-hybridized carbons (Fsp3) is 0.0769. The number of rotatable bonds is 16. The van der Waals surface area contributed by atoms with Gasteiger partial charge in [-0.05, 0) is 273 Å². The Morgan fingerprint density at radius 3 is 0.727 bits per heavy atom. The average molecular weight is 1550 g/mol. The number of fused-ring (bicyclic) bond motifs is 12. The summed E-state index contributed by atoms with van der Waals surface area (Å²) in [5.74, 6) is 0. The normalized spacial score (nSPS) is 13.4. The predicted molar refractivity (Wildman–Crippen MR) is 510 cm³/mol. The molecule has 0 aliphatic heterocycles. The average Bonchev–Trinajstić information content (AvgIpc) is 1.58. The third kappa shape index (κ3) is 12.3. The number of aromatic nitrogens is 1. The summed E-state index contributed by atoms with van der Waals surface area (Å²) in [4.78, 5) is 7.25. The lowest BCUT2D eigenvalue weighted by atomic mass is 9.82. The lowest BCUT2D eigenvalue weighted by Gasteiger charge is -2.29. The summed E-state index contributed by atoms with van der Waals surface area (Å²) in [6, 6.07) is 158. The molecule has 576 valence electrons. The van der Waals surface area contributed by atoms with Gasteiger partial charge in [0.25, 0.3) is 0 Å². The van der Waals surface area contributed by atoms with Crippen LogP contribution in [-0.2, 0) is 16.2 Å². The van der Waals surface area contributed by atoms with Crippen LogP contribution in [0.3, 0.4) is 0 Å². The summed E-state index contributed by atoms with van der Waals surface area (Å²) in [5, 5.41) is 2.49. The molecule has 1 heterocycles. The van der Waals surface area contributed by atoms with Gasteiger partial charge >= 0.3 is 0 Å². The number of para-hydroxylation sites is 2. The summed E-state index contributed by atoms with van der Waals surface area (Å²) in [6.45, 7) is 14.2. The highest BCUT2D eigenvalue weighted by atomic mass is 15.2. The van der Waals surface area contributed by atoms with E-state index >= 15 is 0 Å².